The molecule has 4 atom stereocenters. The molecule has 1 aliphatic heterocycles. The lowest BCUT2D eigenvalue weighted by atomic mass is 10.1. The number of hydrogen-bond donors (Lipinski definition) is 6. The number of carboxylic acid groups (broad SMARTS) is 2. The van der Waals surface area contributed by atoms with Gasteiger partial charge >= 0.3 is 11.9 Å². The van der Waals surface area contributed by atoms with Crippen LogP contribution in [0.2, 0.25) is 0 Å². The normalized spacial score (nSPS) is 18.7. The maximum Gasteiger partial charge on any atom is 0.325 e. The molecule has 1 saturated heterocycles. The van der Waals surface area contributed by atoms with Gasteiger partial charge in [-0.15, -0.1) is 0 Å². The summed E-state index contributed by atoms with van der Waals surface area (Å²) in [6.07, 6.45) is 2.20. The Morgan fingerprint density at radius 1 is 1.10 bits per heavy atom. The molecule has 0 aromatic heterocycles. The Hall–Kier alpha value is -2.73. The maximum absolute atomic E-state index is 12.8. The zero-order valence-electron chi connectivity index (χ0n) is 17.7. The summed E-state index contributed by atoms with van der Waals surface area (Å²) in [4.78, 5) is 61.2. The molecule has 0 spiro atoms. The second-order valence-corrected chi connectivity index (χ2v) is 7.64. The minimum Gasteiger partial charge on any atom is -0.481 e. The molecular formula is C19H33N5O7. The first-order valence-corrected chi connectivity index (χ1v) is 10.4. The molecule has 31 heavy (non-hydrogen) atoms. The van der Waals surface area contributed by atoms with Gasteiger partial charge in [0, 0.05) is 13.0 Å². The molecule has 12 nitrogen and oxygen atoms in total. The Morgan fingerprint density at radius 2 is 1.77 bits per heavy atom. The molecule has 176 valence electrons. The van der Waals surface area contributed by atoms with Gasteiger partial charge in [0.05, 0.1) is 6.04 Å². The molecule has 1 fully saturated rings. The van der Waals surface area contributed by atoms with Crippen molar-refractivity contribution in [2.45, 2.75) is 76.0 Å². The van der Waals surface area contributed by atoms with E-state index in [1.807, 2.05) is 0 Å². The van der Waals surface area contributed by atoms with Crippen LogP contribution < -0.4 is 22.1 Å². The summed E-state index contributed by atoms with van der Waals surface area (Å²) in [5.74, 6) is -4.21. The van der Waals surface area contributed by atoms with Crippen LogP contribution >= 0.6 is 0 Å². The molecule has 8 N–H and O–H groups in total. The van der Waals surface area contributed by atoms with E-state index in [9.17, 15) is 24.0 Å². The highest BCUT2D eigenvalue weighted by molar-refractivity contribution is 5.94. The summed E-state index contributed by atoms with van der Waals surface area (Å²) in [5.41, 5.74) is 11.4. The number of carbonyl (C=O) groups excluding carboxylic acids is 3. The van der Waals surface area contributed by atoms with Gasteiger partial charge in [0.2, 0.25) is 17.7 Å². The second kappa shape index (κ2) is 12.8. The number of carboxylic acids is 2. The van der Waals surface area contributed by atoms with E-state index in [-0.39, 0.29) is 12.3 Å². The van der Waals surface area contributed by atoms with Gasteiger partial charge < -0.3 is 37.2 Å². The van der Waals surface area contributed by atoms with Crippen LogP contribution in [0.3, 0.4) is 0 Å². The largest absolute Gasteiger partial charge is 0.481 e. The number of aliphatic carboxylic acids is 2. The quantitative estimate of drug-likeness (QED) is 0.180. The number of nitrogens with two attached hydrogens (primary N) is 2. The predicted molar refractivity (Wildman–Crippen MR) is 110 cm³/mol. The van der Waals surface area contributed by atoms with Crippen molar-refractivity contribution in [1.82, 2.24) is 15.5 Å². The van der Waals surface area contributed by atoms with Crippen molar-refractivity contribution in [2.24, 2.45) is 11.5 Å². The molecule has 0 bridgehead atoms. The summed E-state index contributed by atoms with van der Waals surface area (Å²) in [7, 11) is 0. The third kappa shape index (κ3) is 8.50. The van der Waals surface area contributed by atoms with E-state index >= 15 is 0 Å². The Bertz CT molecular complexity index is 672. The number of nitrogens with one attached hydrogen (secondary N) is 2. The highest BCUT2D eigenvalue weighted by Gasteiger charge is 2.37. The van der Waals surface area contributed by atoms with Gasteiger partial charge in [-0.05, 0) is 45.6 Å². The summed E-state index contributed by atoms with van der Waals surface area (Å²) in [6, 6.07) is -4.05. The van der Waals surface area contributed by atoms with Crippen molar-refractivity contribution in [3.8, 4) is 0 Å². The molecule has 3 amide bonds. The molecule has 4 unspecified atom stereocenters. The summed E-state index contributed by atoms with van der Waals surface area (Å²) >= 11 is 0. The van der Waals surface area contributed by atoms with Gasteiger partial charge in [-0.1, -0.05) is 6.42 Å². The fourth-order valence-corrected chi connectivity index (χ4v) is 3.33. The van der Waals surface area contributed by atoms with Crippen molar-refractivity contribution in [3.63, 3.8) is 0 Å². The van der Waals surface area contributed by atoms with Crippen LogP contribution in [0.15, 0.2) is 0 Å². The third-order valence-corrected chi connectivity index (χ3v) is 5.13. The number of unbranched alkanes of at least 4 members (excludes halogenated alkanes) is 1. The third-order valence-electron chi connectivity index (χ3n) is 5.13. The monoisotopic (exact) mass is 443 g/mol. The molecule has 1 heterocycles. The summed E-state index contributed by atoms with van der Waals surface area (Å²) < 4.78 is 0. The number of amides is 3. The second-order valence-electron chi connectivity index (χ2n) is 7.64. The van der Waals surface area contributed by atoms with Crippen LogP contribution in [0.4, 0.5) is 0 Å². The Kier molecular flexibility index (Phi) is 10.9. The lowest BCUT2D eigenvalue weighted by Gasteiger charge is -2.28. The summed E-state index contributed by atoms with van der Waals surface area (Å²) in [6.45, 7) is 2.10. The molecule has 0 aromatic carbocycles. The van der Waals surface area contributed by atoms with E-state index in [2.05, 4.69) is 10.6 Å². The fourth-order valence-electron chi connectivity index (χ4n) is 3.33. The minimum atomic E-state index is -1.27. The van der Waals surface area contributed by atoms with Crippen molar-refractivity contribution in [2.75, 3.05) is 13.1 Å². The first kappa shape index (κ1) is 26.3. The zero-order chi connectivity index (χ0) is 23.6. The Labute approximate surface area is 180 Å². The van der Waals surface area contributed by atoms with Gasteiger partial charge in [-0.2, -0.15) is 0 Å². The molecule has 0 aliphatic carbocycles. The van der Waals surface area contributed by atoms with Gasteiger partial charge in [0.15, 0.2) is 0 Å². The first-order chi connectivity index (χ1) is 14.6. The van der Waals surface area contributed by atoms with Crippen LogP contribution in [-0.2, 0) is 24.0 Å². The molecule has 1 aliphatic rings. The van der Waals surface area contributed by atoms with Crippen molar-refractivity contribution in [1.29, 1.82) is 0 Å². The van der Waals surface area contributed by atoms with E-state index in [4.69, 9.17) is 21.7 Å². The molecule has 1 rings (SSSR count). The first-order valence-electron chi connectivity index (χ1n) is 10.4. The number of likely N-dealkylation sites (tertiary alicyclic amines) is 1. The van der Waals surface area contributed by atoms with E-state index in [1.54, 1.807) is 0 Å². The topological polar surface area (TPSA) is 205 Å². The van der Waals surface area contributed by atoms with Crippen LogP contribution in [-0.4, -0.2) is 82.0 Å². The highest BCUT2D eigenvalue weighted by Crippen LogP contribution is 2.20. The van der Waals surface area contributed by atoms with Gasteiger partial charge in [0.25, 0.3) is 0 Å². The van der Waals surface area contributed by atoms with Crippen LogP contribution in [0.5, 0.6) is 0 Å². The summed E-state index contributed by atoms with van der Waals surface area (Å²) in [5, 5.41) is 22.6. The molecule has 0 saturated carbocycles. The van der Waals surface area contributed by atoms with Crippen molar-refractivity contribution >= 4 is 29.7 Å². The number of nitrogens with zero attached hydrogens (tertiary/aromatic N) is 1. The lowest BCUT2D eigenvalue weighted by molar-refractivity contribution is -0.143. The average molecular weight is 444 g/mol. The van der Waals surface area contributed by atoms with Gasteiger partial charge in [-0.3, -0.25) is 24.0 Å². The maximum atomic E-state index is 12.8. The standard InChI is InChI=1S/C19H33N5O7/c1-11(19(30)31)22-16(27)13(7-8-15(25)26)23-17(28)14-6-4-10-24(14)18(29)12(21)5-2-3-9-20/h11-14H,2-10,20-21H2,1H3,(H,22,27)(H,23,28)(H,25,26)(H,30,31). The predicted octanol–water partition coefficient (Wildman–Crippen LogP) is -1.63. The van der Waals surface area contributed by atoms with Crippen LogP contribution in [0, 0.1) is 0 Å². The van der Waals surface area contributed by atoms with Crippen LogP contribution in [0.1, 0.15) is 51.9 Å². The average Bonchev–Trinajstić information content (AvgIpc) is 3.19. The number of rotatable bonds is 13. The molecule has 0 radical (unpaired) electrons. The van der Waals surface area contributed by atoms with E-state index in [1.165, 1.54) is 11.8 Å². The van der Waals surface area contributed by atoms with Gasteiger partial charge in [0.1, 0.15) is 18.1 Å². The fraction of sp³-hybridized carbons (Fsp3) is 0.737. The number of hydrogen-bond acceptors (Lipinski definition) is 7. The molecular weight excluding hydrogens is 410 g/mol. The van der Waals surface area contributed by atoms with Crippen LogP contribution in [0.25, 0.3) is 0 Å². The Balaban J connectivity index is 2.82. The lowest BCUT2D eigenvalue weighted by Crippen LogP contribution is -2.56. The van der Waals surface area contributed by atoms with Gasteiger partial charge in [-0.25, -0.2) is 0 Å². The molecule has 0 aromatic rings. The smallest absolute Gasteiger partial charge is 0.325 e. The zero-order valence-corrected chi connectivity index (χ0v) is 17.7. The highest BCUT2D eigenvalue weighted by atomic mass is 16.4. The molecule has 12 heteroatoms. The SMILES string of the molecule is CC(NC(=O)C(CCC(=O)O)NC(=O)C1CCCN1C(=O)C(N)CCCCN)C(=O)O. The van der Waals surface area contributed by atoms with E-state index in [0.717, 1.165) is 6.42 Å². The minimum absolute atomic E-state index is 0.224. The number of carbonyl (C=O) groups is 5. The van der Waals surface area contributed by atoms with Crippen molar-refractivity contribution < 1.29 is 34.2 Å². The van der Waals surface area contributed by atoms with E-state index in [0.29, 0.717) is 38.8 Å². The van der Waals surface area contributed by atoms with Crippen molar-refractivity contribution in [3.05, 3.63) is 0 Å². The van der Waals surface area contributed by atoms with E-state index < -0.39 is 54.3 Å². The Morgan fingerprint density at radius 3 is 2.35 bits per heavy atom.